The lowest BCUT2D eigenvalue weighted by Crippen LogP contribution is -2.23. The van der Waals surface area contributed by atoms with Crippen LogP contribution in [0.4, 0.5) is 5.69 Å². The quantitative estimate of drug-likeness (QED) is 0.287. The number of hydrogen-bond donors (Lipinski definition) is 1. The van der Waals surface area contributed by atoms with Crippen molar-refractivity contribution >= 4 is 56.5 Å². The van der Waals surface area contributed by atoms with Gasteiger partial charge in [-0.3, -0.25) is 14.2 Å². The highest BCUT2D eigenvalue weighted by atomic mass is 35.5. The molecule has 4 aromatic rings. The minimum absolute atomic E-state index is 0.138. The molecule has 1 aromatic heterocycles. The van der Waals surface area contributed by atoms with Gasteiger partial charge in [0, 0.05) is 17.6 Å². The summed E-state index contributed by atoms with van der Waals surface area (Å²) in [6.45, 7) is 1.46. The summed E-state index contributed by atoms with van der Waals surface area (Å²) in [6.07, 6.45) is 0. The SMILES string of the molecule is Cc1c(NS(=O)(=O)c2cc(C(=O)OCc3ccccc3Cl)cc(Cl)c2Cl)c(=O)n(-c2ccccc2)n1C. The number of anilines is 1. The van der Waals surface area contributed by atoms with Gasteiger partial charge in [-0.1, -0.05) is 71.2 Å². The number of carbonyl (C=O) groups is 1. The number of sulfonamides is 1. The van der Waals surface area contributed by atoms with Gasteiger partial charge in [0.05, 0.1) is 27.0 Å². The van der Waals surface area contributed by atoms with E-state index < -0.39 is 26.4 Å². The molecule has 0 bridgehead atoms. The number of esters is 1. The Balaban J connectivity index is 1.67. The van der Waals surface area contributed by atoms with Gasteiger partial charge in [0.1, 0.15) is 17.2 Å². The van der Waals surface area contributed by atoms with E-state index in [1.54, 1.807) is 68.6 Å². The number of nitrogens with zero attached hydrogens (tertiary/aromatic N) is 2. The predicted octanol–water partition coefficient (Wildman–Crippen LogP) is 5.60. The van der Waals surface area contributed by atoms with Crippen molar-refractivity contribution in [2.75, 3.05) is 4.72 Å². The van der Waals surface area contributed by atoms with Gasteiger partial charge < -0.3 is 4.74 Å². The number of nitrogens with one attached hydrogen (secondary N) is 1. The highest BCUT2D eigenvalue weighted by Gasteiger charge is 2.27. The lowest BCUT2D eigenvalue weighted by atomic mass is 10.2. The van der Waals surface area contributed by atoms with Crippen molar-refractivity contribution in [1.29, 1.82) is 0 Å². The lowest BCUT2D eigenvalue weighted by Gasteiger charge is -2.12. The van der Waals surface area contributed by atoms with E-state index in [0.717, 1.165) is 6.07 Å². The Hall–Kier alpha value is -3.24. The largest absolute Gasteiger partial charge is 0.457 e. The molecule has 0 saturated heterocycles. The topological polar surface area (TPSA) is 99.4 Å². The molecule has 0 fully saturated rings. The standard InChI is InChI=1S/C25H20Cl3N3O5S/c1-15-23(24(32)31(30(15)2)18-9-4-3-5-10-18)29-37(34,35)21-13-17(12-20(27)22(21)28)25(33)36-14-16-8-6-7-11-19(16)26/h3-13,29H,14H2,1-2H3. The molecule has 0 unspecified atom stereocenters. The van der Waals surface area contributed by atoms with Crippen LogP contribution in [-0.4, -0.2) is 23.8 Å². The first-order valence-corrected chi connectivity index (χ1v) is 13.4. The van der Waals surface area contributed by atoms with E-state index in [-0.39, 0.29) is 27.9 Å². The maximum Gasteiger partial charge on any atom is 0.338 e. The van der Waals surface area contributed by atoms with E-state index in [4.69, 9.17) is 39.5 Å². The Kier molecular flexibility index (Phi) is 7.70. The smallest absolute Gasteiger partial charge is 0.338 e. The Bertz CT molecular complexity index is 1670. The van der Waals surface area contributed by atoms with Crippen molar-refractivity contribution in [2.45, 2.75) is 18.4 Å². The molecule has 0 spiro atoms. The molecule has 0 aliphatic carbocycles. The first-order chi connectivity index (χ1) is 17.5. The number of carbonyl (C=O) groups excluding carboxylic acids is 1. The average molecular weight is 581 g/mol. The van der Waals surface area contributed by atoms with Gasteiger partial charge in [0.25, 0.3) is 15.6 Å². The number of ether oxygens (including phenoxy) is 1. The Morgan fingerprint density at radius 1 is 0.973 bits per heavy atom. The predicted molar refractivity (Wildman–Crippen MR) is 144 cm³/mol. The Morgan fingerprint density at radius 3 is 2.30 bits per heavy atom. The number of hydrogen-bond acceptors (Lipinski definition) is 5. The van der Waals surface area contributed by atoms with Crippen molar-refractivity contribution in [3.05, 3.63) is 109 Å². The number of benzene rings is 3. The monoisotopic (exact) mass is 579 g/mol. The molecule has 4 rings (SSSR count). The van der Waals surface area contributed by atoms with Crippen LogP contribution in [-0.2, 0) is 28.4 Å². The third-order valence-electron chi connectivity index (χ3n) is 5.63. The number of halogens is 3. The summed E-state index contributed by atoms with van der Waals surface area (Å²) in [5, 5.41) is -0.0780. The summed E-state index contributed by atoms with van der Waals surface area (Å²) in [5.41, 5.74) is 0.565. The van der Waals surface area contributed by atoms with E-state index in [2.05, 4.69) is 4.72 Å². The molecule has 192 valence electrons. The maximum absolute atomic E-state index is 13.4. The van der Waals surface area contributed by atoms with E-state index in [9.17, 15) is 18.0 Å². The molecule has 0 atom stereocenters. The second-order valence-electron chi connectivity index (χ2n) is 7.98. The maximum atomic E-state index is 13.4. The highest BCUT2D eigenvalue weighted by molar-refractivity contribution is 7.92. The van der Waals surface area contributed by atoms with Crippen LogP contribution in [0.1, 0.15) is 21.6 Å². The van der Waals surface area contributed by atoms with Crippen molar-refractivity contribution in [2.24, 2.45) is 7.05 Å². The molecule has 0 aliphatic rings. The number of rotatable bonds is 7. The molecular weight excluding hydrogens is 561 g/mol. The molecule has 1 heterocycles. The lowest BCUT2D eigenvalue weighted by molar-refractivity contribution is 0.0472. The molecule has 0 amide bonds. The molecule has 0 saturated carbocycles. The molecule has 0 radical (unpaired) electrons. The van der Waals surface area contributed by atoms with Gasteiger partial charge in [-0.05, 0) is 37.3 Å². The van der Waals surface area contributed by atoms with Crippen LogP contribution in [0, 0.1) is 6.92 Å². The minimum Gasteiger partial charge on any atom is -0.457 e. The van der Waals surface area contributed by atoms with Crippen LogP contribution in [0.2, 0.25) is 15.1 Å². The summed E-state index contributed by atoms with van der Waals surface area (Å²) in [4.78, 5) is 25.4. The van der Waals surface area contributed by atoms with Crippen LogP contribution >= 0.6 is 34.8 Å². The molecule has 12 heteroatoms. The summed E-state index contributed by atoms with van der Waals surface area (Å²) in [6, 6.07) is 17.8. The van der Waals surface area contributed by atoms with E-state index in [0.29, 0.717) is 22.0 Å². The van der Waals surface area contributed by atoms with Crippen molar-refractivity contribution in [3.8, 4) is 5.69 Å². The summed E-state index contributed by atoms with van der Waals surface area (Å²) >= 11 is 18.5. The van der Waals surface area contributed by atoms with Gasteiger partial charge in [-0.2, -0.15) is 0 Å². The molecule has 3 aromatic carbocycles. The van der Waals surface area contributed by atoms with Crippen LogP contribution in [0.3, 0.4) is 0 Å². The normalized spacial score (nSPS) is 11.4. The summed E-state index contributed by atoms with van der Waals surface area (Å²) in [7, 11) is -2.82. The van der Waals surface area contributed by atoms with E-state index >= 15 is 0 Å². The molecule has 8 nitrogen and oxygen atoms in total. The average Bonchev–Trinajstić information content (AvgIpc) is 3.07. The van der Waals surface area contributed by atoms with E-state index in [1.807, 2.05) is 0 Å². The van der Waals surface area contributed by atoms with Gasteiger partial charge in [0.15, 0.2) is 0 Å². The summed E-state index contributed by atoms with van der Waals surface area (Å²) < 4.78 is 37.1. The zero-order valence-electron chi connectivity index (χ0n) is 19.5. The fourth-order valence-electron chi connectivity index (χ4n) is 3.59. The van der Waals surface area contributed by atoms with Crippen molar-refractivity contribution in [3.63, 3.8) is 0 Å². The first kappa shape index (κ1) is 26.8. The number of aromatic nitrogens is 2. The van der Waals surface area contributed by atoms with Crippen LogP contribution in [0.5, 0.6) is 0 Å². The zero-order chi connectivity index (χ0) is 26.9. The molecule has 0 aliphatic heterocycles. The van der Waals surface area contributed by atoms with E-state index in [1.165, 1.54) is 15.4 Å². The molecular formula is C25H20Cl3N3O5S. The molecule has 1 N–H and O–H groups in total. The summed E-state index contributed by atoms with van der Waals surface area (Å²) in [5.74, 6) is -0.836. The van der Waals surface area contributed by atoms with Gasteiger partial charge >= 0.3 is 5.97 Å². The minimum atomic E-state index is -4.45. The second kappa shape index (κ2) is 10.6. The van der Waals surface area contributed by atoms with Gasteiger partial charge in [-0.15, -0.1) is 0 Å². The van der Waals surface area contributed by atoms with Gasteiger partial charge in [0.2, 0.25) is 0 Å². The molecule has 37 heavy (non-hydrogen) atoms. The zero-order valence-corrected chi connectivity index (χ0v) is 22.6. The highest BCUT2D eigenvalue weighted by Crippen LogP contribution is 2.32. The first-order valence-electron chi connectivity index (χ1n) is 10.8. The second-order valence-corrected chi connectivity index (χ2v) is 10.8. The van der Waals surface area contributed by atoms with Crippen LogP contribution in [0.15, 0.2) is 76.4 Å². The van der Waals surface area contributed by atoms with Gasteiger partial charge in [-0.25, -0.2) is 17.9 Å². The Morgan fingerprint density at radius 2 is 1.62 bits per heavy atom. The third kappa shape index (κ3) is 5.40. The number of para-hydroxylation sites is 1. The third-order valence-corrected chi connectivity index (χ3v) is 8.28. The van der Waals surface area contributed by atoms with Crippen LogP contribution < -0.4 is 10.3 Å². The fraction of sp³-hybridized carbons (Fsp3) is 0.120. The van der Waals surface area contributed by atoms with Crippen molar-refractivity contribution in [1.82, 2.24) is 9.36 Å². The fourth-order valence-corrected chi connectivity index (χ4v) is 5.72. The van der Waals surface area contributed by atoms with Crippen molar-refractivity contribution < 1.29 is 17.9 Å². The van der Waals surface area contributed by atoms with Crippen LogP contribution in [0.25, 0.3) is 5.69 Å². The Labute approximate surface area is 228 Å².